The molecule has 0 saturated carbocycles. The summed E-state index contributed by atoms with van der Waals surface area (Å²) in [7, 11) is 0. The molecule has 110 valence electrons. The van der Waals surface area contributed by atoms with Crippen LogP contribution in [0, 0.1) is 0 Å². The van der Waals surface area contributed by atoms with Gasteiger partial charge in [0.2, 0.25) is 5.91 Å². The number of carboxylic acid groups (broad SMARTS) is 1. The molecule has 1 aromatic rings. The van der Waals surface area contributed by atoms with Crippen LogP contribution in [0.15, 0.2) is 6.20 Å². The molecule has 0 aliphatic carbocycles. The first-order valence-electron chi connectivity index (χ1n) is 6.62. The van der Waals surface area contributed by atoms with Gasteiger partial charge in [-0.25, -0.2) is 9.48 Å². The minimum atomic E-state index is -1.09. The van der Waals surface area contributed by atoms with Crippen LogP contribution in [0.3, 0.4) is 0 Å². The Hall–Kier alpha value is -1.57. The van der Waals surface area contributed by atoms with Crippen LogP contribution in [0.4, 0.5) is 0 Å². The van der Waals surface area contributed by atoms with Crippen molar-refractivity contribution in [3.8, 4) is 0 Å². The Bertz CT molecular complexity index is 485. The number of unbranched alkanes of at least 4 members (excludes halogenated alkanes) is 1. The van der Waals surface area contributed by atoms with Crippen LogP contribution in [0.5, 0.6) is 0 Å². The highest BCUT2D eigenvalue weighted by molar-refractivity contribution is 7.99. The molecule has 0 atom stereocenters. The van der Waals surface area contributed by atoms with E-state index in [0.29, 0.717) is 18.8 Å². The Kier molecular flexibility index (Phi) is 4.99. The molecule has 1 amide bonds. The summed E-state index contributed by atoms with van der Waals surface area (Å²) >= 11 is 1.66. The zero-order valence-corrected chi connectivity index (χ0v) is 12.2. The molecule has 0 unspecified atom stereocenters. The van der Waals surface area contributed by atoms with E-state index in [2.05, 4.69) is 17.2 Å². The van der Waals surface area contributed by atoms with E-state index >= 15 is 0 Å². The Balaban J connectivity index is 1.73. The molecule has 1 aliphatic rings. The lowest BCUT2D eigenvalue weighted by Crippen LogP contribution is -2.51. The van der Waals surface area contributed by atoms with Crippen LogP contribution in [0.25, 0.3) is 0 Å². The van der Waals surface area contributed by atoms with E-state index in [1.807, 2.05) is 0 Å². The monoisotopic (exact) mass is 298 g/mol. The second-order valence-corrected chi connectivity index (χ2v) is 5.85. The lowest BCUT2D eigenvalue weighted by atomic mass is 10.1. The highest BCUT2D eigenvalue weighted by Gasteiger charge is 2.32. The van der Waals surface area contributed by atoms with Crippen molar-refractivity contribution in [1.82, 2.24) is 19.9 Å². The van der Waals surface area contributed by atoms with E-state index in [4.69, 9.17) is 5.11 Å². The lowest BCUT2D eigenvalue weighted by molar-refractivity contribution is -0.134. The van der Waals surface area contributed by atoms with Gasteiger partial charge in [-0.15, -0.1) is 5.10 Å². The van der Waals surface area contributed by atoms with Gasteiger partial charge in [0.1, 0.15) is 0 Å². The van der Waals surface area contributed by atoms with Gasteiger partial charge in [0.25, 0.3) is 0 Å². The summed E-state index contributed by atoms with van der Waals surface area (Å²) in [6.07, 6.45) is 3.69. The molecule has 2 rings (SSSR count). The second-order valence-electron chi connectivity index (χ2n) is 4.75. The fraction of sp³-hybridized carbons (Fsp3) is 0.667. The van der Waals surface area contributed by atoms with E-state index in [9.17, 15) is 9.59 Å². The smallest absolute Gasteiger partial charge is 0.358 e. The summed E-state index contributed by atoms with van der Waals surface area (Å²) in [4.78, 5) is 24.3. The zero-order valence-electron chi connectivity index (χ0n) is 11.4. The number of hydrogen-bond acceptors (Lipinski definition) is 5. The van der Waals surface area contributed by atoms with Crippen molar-refractivity contribution in [2.45, 2.75) is 25.8 Å². The molecule has 7 nitrogen and oxygen atoms in total. The van der Waals surface area contributed by atoms with Crippen LogP contribution in [0.1, 0.15) is 36.3 Å². The third-order valence-electron chi connectivity index (χ3n) is 3.19. The standard InChI is InChI=1S/C12H18N4O3S/c1-2-3-4-20-8-11(17)15-5-9(6-15)16-7-10(12(18)19)13-14-16/h7,9H,2-6,8H2,1H3,(H,18,19). The van der Waals surface area contributed by atoms with E-state index < -0.39 is 5.97 Å². The number of thioether (sulfide) groups is 1. The van der Waals surface area contributed by atoms with E-state index in [1.54, 1.807) is 16.7 Å². The average molecular weight is 298 g/mol. The summed E-state index contributed by atoms with van der Waals surface area (Å²) in [6, 6.07) is 0.0418. The van der Waals surface area contributed by atoms with Crippen molar-refractivity contribution in [2.75, 3.05) is 24.6 Å². The van der Waals surface area contributed by atoms with Gasteiger partial charge in [0, 0.05) is 13.1 Å². The van der Waals surface area contributed by atoms with Gasteiger partial charge in [0.05, 0.1) is 18.0 Å². The number of aromatic nitrogens is 3. The highest BCUT2D eigenvalue weighted by Crippen LogP contribution is 2.21. The zero-order chi connectivity index (χ0) is 14.5. The number of rotatable bonds is 7. The fourth-order valence-electron chi connectivity index (χ4n) is 1.88. The Labute approximate surface area is 121 Å². The number of carbonyl (C=O) groups excluding carboxylic acids is 1. The van der Waals surface area contributed by atoms with Crippen LogP contribution >= 0.6 is 11.8 Å². The minimum absolute atomic E-state index is 0.0418. The normalized spacial score (nSPS) is 15.2. The van der Waals surface area contributed by atoms with Crippen LogP contribution < -0.4 is 0 Å². The first kappa shape index (κ1) is 14.8. The molecule has 0 bridgehead atoms. The Morgan fingerprint density at radius 3 is 2.85 bits per heavy atom. The highest BCUT2D eigenvalue weighted by atomic mass is 32.2. The predicted octanol–water partition coefficient (Wildman–Crippen LogP) is 0.893. The number of amides is 1. The first-order valence-corrected chi connectivity index (χ1v) is 7.78. The summed E-state index contributed by atoms with van der Waals surface area (Å²) in [5, 5.41) is 16.1. The minimum Gasteiger partial charge on any atom is -0.476 e. The van der Waals surface area contributed by atoms with Crippen LogP contribution in [-0.4, -0.2) is 61.5 Å². The van der Waals surface area contributed by atoms with Crippen LogP contribution in [0.2, 0.25) is 0 Å². The van der Waals surface area contributed by atoms with Gasteiger partial charge in [-0.05, 0) is 12.2 Å². The summed E-state index contributed by atoms with van der Waals surface area (Å²) < 4.78 is 1.53. The maximum atomic E-state index is 11.8. The molecule has 0 aromatic carbocycles. The molecule has 1 aromatic heterocycles. The molecule has 2 heterocycles. The Morgan fingerprint density at radius 1 is 1.50 bits per heavy atom. The number of aromatic carboxylic acids is 1. The third-order valence-corrected chi connectivity index (χ3v) is 4.21. The van der Waals surface area contributed by atoms with E-state index in [0.717, 1.165) is 18.6 Å². The molecular weight excluding hydrogens is 280 g/mol. The molecule has 1 N–H and O–H groups in total. The number of nitrogens with zero attached hydrogens (tertiary/aromatic N) is 4. The SMILES string of the molecule is CCCCSCC(=O)N1CC(n2cc(C(=O)O)nn2)C1. The third kappa shape index (κ3) is 3.50. The largest absolute Gasteiger partial charge is 0.476 e. The summed E-state index contributed by atoms with van der Waals surface area (Å²) in [5.74, 6) is 0.589. The molecule has 8 heteroatoms. The first-order chi connectivity index (χ1) is 9.61. The number of hydrogen-bond donors (Lipinski definition) is 1. The summed E-state index contributed by atoms with van der Waals surface area (Å²) in [5.41, 5.74) is -0.0649. The van der Waals surface area contributed by atoms with Gasteiger partial charge in [-0.3, -0.25) is 4.79 Å². The maximum Gasteiger partial charge on any atom is 0.358 e. The molecule has 0 spiro atoms. The number of likely N-dealkylation sites (tertiary alicyclic amines) is 1. The van der Waals surface area contributed by atoms with Crippen LogP contribution in [-0.2, 0) is 4.79 Å². The van der Waals surface area contributed by atoms with Gasteiger partial charge in [0.15, 0.2) is 5.69 Å². The van der Waals surface area contributed by atoms with Crippen molar-refractivity contribution >= 4 is 23.6 Å². The molecule has 0 radical (unpaired) electrons. The van der Waals surface area contributed by atoms with Crippen molar-refractivity contribution in [1.29, 1.82) is 0 Å². The van der Waals surface area contributed by atoms with Gasteiger partial charge in [-0.1, -0.05) is 18.6 Å². The quantitative estimate of drug-likeness (QED) is 0.752. The summed E-state index contributed by atoms with van der Waals surface area (Å²) in [6.45, 7) is 3.29. The molecular formula is C12H18N4O3S. The van der Waals surface area contributed by atoms with Gasteiger partial charge in [-0.2, -0.15) is 11.8 Å². The molecule has 20 heavy (non-hydrogen) atoms. The lowest BCUT2D eigenvalue weighted by Gasteiger charge is -2.38. The van der Waals surface area contributed by atoms with Crippen molar-refractivity contribution in [3.05, 3.63) is 11.9 Å². The predicted molar refractivity (Wildman–Crippen MR) is 74.8 cm³/mol. The molecule has 1 aliphatic heterocycles. The van der Waals surface area contributed by atoms with Crippen molar-refractivity contribution in [3.63, 3.8) is 0 Å². The van der Waals surface area contributed by atoms with Crippen molar-refractivity contribution in [2.24, 2.45) is 0 Å². The fourth-order valence-corrected chi connectivity index (χ4v) is 2.87. The Morgan fingerprint density at radius 2 is 2.25 bits per heavy atom. The number of carbonyl (C=O) groups is 2. The van der Waals surface area contributed by atoms with Gasteiger partial charge < -0.3 is 10.0 Å². The number of carboxylic acids is 1. The van der Waals surface area contributed by atoms with Crippen molar-refractivity contribution < 1.29 is 14.7 Å². The molecule has 1 fully saturated rings. The molecule has 1 saturated heterocycles. The van der Waals surface area contributed by atoms with E-state index in [-0.39, 0.29) is 17.6 Å². The average Bonchev–Trinajstić information content (AvgIpc) is 2.82. The van der Waals surface area contributed by atoms with E-state index in [1.165, 1.54) is 10.9 Å². The maximum absolute atomic E-state index is 11.8. The second kappa shape index (κ2) is 6.74. The van der Waals surface area contributed by atoms with Gasteiger partial charge >= 0.3 is 5.97 Å². The topological polar surface area (TPSA) is 88.3 Å².